The van der Waals surface area contributed by atoms with Crippen molar-refractivity contribution in [3.05, 3.63) is 47.4 Å². The van der Waals surface area contributed by atoms with Gasteiger partial charge in [0.25, 0.3) is 0 Å². The second kappa shape index (κ2) is 4.78. The summed E-state index contributed by atoms with van der Waals surface area (Å²) in [4.78, 5) is 8.73. The highest BCUT2D eigenvalue weighted by Crippen LogP contribution is 2.29. The van der Waals surface area contributed by atoms with Crippen LogP contribution < -0.4 is 10.1 Å². The third-order valence-electron chi connectivity index (χ3n) is 4.09. The molecule has 4 rings (SSSR count). The molecule has 1 aromatic carbocycles. The summed E-state index contributed by atoms with van der Waals surface area (Å²) in [6, 6.07) is 8.26. The van der Waals surface area contributed by atoms with Gasteiger partial charge in [-0.25, -0.2) is 9.97 Å². The van der Waals surface area contributed by atoms with Crippen LogP contribution >= 0.6 is 0 Å². The zero-order valence-corrected chi connectivity index (χ0v) is 11.3. The van der Waals surface area contributed by atoms with Gasteiger partial charge in [-0.15, -0.1) is 0 Å². The quantitative estimate of drug-likeness (QED) is 0.927. The third kappa shape index (κ3) is 2.01. The van der Waals surface area contributed by atoms with E-state index in [1.165, 1.54) is 23.2 Å². The van der Waals surface area contributed by atoms with E-state index in [4.69, 9.17) is 4.74 Å². The molecule has 2 heterocycles. The molecule has 102 valence electrons. The minimum absolute atomic E-state index is 0.194. The van der Waals surface area contributed by atoms with Gasteiger partial charge in [0.1, 0.15) is 24.0 Å². The second-order valence-corrected chi connectivity index (χ2v) is 5.43. The van der Waals surface area contributed by atoms with Gasteiger partial charge >= 0.3 is 0 Å². The topological polar surface area (TPSA) is 47.0 Å². The van der Waals surface area contributed by atoms with E-state index in [1.54, 1.807) is 6.33 Å². The molecule has 2 aliphatic rings. The van der Waals surface area contributed by atoms with E-state index < -0.39 is 0 Å². The van der Waals surface area contributed by atoms with Crippen LogP contribution in [-0.4, -0.2) is 22.6 Å². The summed E-state index contributed by atoms with van der Waals surface area (Å²) in [6.45, 7) is 0.790. The van der Waals surface area contributed by atoms with Gasteiger partial charge in [-0.05, 0) is 30.9 Å². The normalized spacial score (nSPS) is 19.3. The highest BCUT2D eigenvalue weighted by molar-refractivity contribution is 5.48. The van der Waals surface area contributed by atoms with Gasteiger partial charge in [-0.2, -0.15) is 0 Å². The predicted octanol–water partition coefficient (Wildman–Crippen LogP) is 2.38. The van der Waals surface area contributed by atoms with Crippen molar-refractivity contribution >= 4 is 5.82 Å². The number of anilines is 1. The first-order valence-electron chi connectivity index (χ1n) is 7.21. The van der Waals surface area contributed by atoms with Crippen molar-refractivity contribution in [2.75, 3.05) is 11.9 Å². The van der Waals surface area contributed by atoms with Crippen molar-refractivity contribution < 1.29 is 4.74 Å². The predicted molar refractivity (Wildman–Crippen MR) is 77.1 cm³/mol. The van der Waals surface area contributed by atoms with Crippen LogP contribution in [0.4, 0.5) is 5.82 Å². The average molecular weight is 267 g/mol. The van der Waals surface area contributed by atoms with Crippen molar-refractivity contribution in [3.8, 4) is 5.75 Å². The summed E-state index contributed by atoms with van der Waals surface area (Å²) in [5.41, 5.74) is 3.80. The van der Waals surface area contributed by atoms with Gasteiger partial charge in [0.15, 0.2) is 0 Å². The van der Waals surface area contributed by atoms with Gasteiger partial charge in [-0.3, -0.25) is 0 Å². The number of para-hydroxylation sites is 1. The Morgan fingerprint density at radius 2 is 2.15 bits per heavy atom. The Hall–Kier alpha value is -2.10. The molecular weight excluding hydrogens is 250 g/mol. The Bertz CT molecular complexity index is 616. The van der Waals surface area contributed by atoms with Crippen LogP contribution in [0.2, 0.25) is 0 Å². The maximum Gasteiger partial charge on any atom is 0.132 e. The lowest BCUT2D eigenvalue weighted by Crippen LogP contribution is -2.24. The molecule has 0 radical (unpaired) electrons. The lowest BCUT2D eigenvalue weighted by Gasteiger charge is -2.14. The van der Waals surface area contributed by atoms with Crippen LogP contribution in [0.1, 0.15) is 23.2 Å². The first-order chi connectivity index (χ1) is 9.90. The number of fused-ring (bicyclic) bond motifs is 2. The van der Waals surface area contributed by atoms with Crippen LogP contribution in [0.15, 0.2) is 30.6 Å². The van der Waals surface area contributed by atoms with Crippen LogP contribution in [0.25, 0.3) is 0 Å². The average Bonchev–Trinajstić information content (AvgIpc) is 3.11. The summed E-state index contributed by atoms with van der Waals surface area (Å²) in [6.07, 6.45) is 6.18. The molecule has 0 bridgehead atoms. The molecule has 20 heavy (non-hydrogen) atoms. The molecule has 1 N–H and O–H groups in total. The number of benzene rings is 1. The van der Waals surface area contributed by atoms with Gasteiger partial charge in [0.2, 0.25) is 0 Å². The van der Waals surface area contributed by atoms with E-state index in [0.29, 0.717) is 0 Å². The molecule has 1 aliphatic heterocycles. The molecule has 2 aromatic rings. The first kappa shape index (κ1) is 11.7. The highest BCUT2D eigenvalue weighted by Gasteiger charge is 2.23. The van der Waals surface area contributed by atoms with E-state index in [0.717, 1.165) is 37.4 Å². The Kier molecular flexibility index (Phi) is 2.80. The third-order valence-corrected chi connectivity index (χ3v) is 4.09. The van der Waals surface area contributed by atoms with E-state index in [9.17, 15) is 0 Å². The van der Waals surface area contributed by atoms with Crippen LogP contribution in [0, 0.1) is 0 Å². The van der Waals surface area contributed by atoms with Gasteiger partial charge in [0, 0.05) is 17.7 Å². The van der Waals surface area contributed by atoms with Crippen LogP contribution in [0.5, 0.6) is 5.75 Å². The van der Waals surface area contributed by atoms with E-state index >= 15 is 0 Å². The molecule has 0 fully saturated rings. The maximum atomic E-state index is 5.94. The minimum Gasteiger partial charge on any atom is -0.488 e. The molecule has 4 heteroatoms. The Balaban J connectivity index is 1.44. The van der Waals surface area contributed by atoms with Gasteiger partial charge in [-0.1, -0.05) is 18.2 Å². The number of hydrogen-bond acceptors (Lipinski definition) is 4. The van der Waals surface area contributed by atoms with Crippen LogP contribution in [0.3, 0.4) is 0 Å². The highest BCUT2D eigenvalue weighted by atomic mass is 16.5. The summed E-state index contributed by atoms with van der Waals surface area (Å²) in [5, 5.41) is 3.45. The molecule has 0 amide bonds. The number of aryl methyl sites for hydroxylation is 1. The fourth-order valence-corrected chi connectivity index (χ4v) is 3.09. The molecular formula is C16H17N3O. The maximum absolute atomic E-state index is 5.94. The summed E-state index contributed by atoms with van der Waals surface area (Å²) in [5.74, 6) is 2.01. The molecule has 0 saturated carbocycles. The fraction of sp³-hybridized carbons (Fsp3) is 0.375. The van der Waals surface area contributed by atoms with Crippen molar-refractivity contribution in [1.82, 2.24) is 9.97 Å². The summed E-state index contributed by atoms with van der Waals surface area (Å²) < 4.78 is 5.94. The summed E-state index contributed by atoms with van der Waals surface area (Å²) >= 11 is 0. The zero-order chi connectivity index (χ0) is 13.4. The molecule has 1 atom stereocenters. The van der Waals surface area contributed by atoms with Gasteiger partial charge in [0.05, 0.1) is 6.54 Å². The second-order valence-electron chi connectivity index (χ2n) is 5.43. The van der Waals surface area contributed by atoms with E-state index in [-0.39, 0.29) is 6.10 Å². The number of ether oxygens (including phenoxy) is 1. The van der Waals surface area contributed by atoms with E-state index in [2.05, 4.69) is 27.4 Å². The Morgan fingerprint density at radius 3 is 3.10 bits per heavy atom. The largest absolute Gasteiger partial charge is 0.488 e. The summed E-state index contributed by atoms with van der Waals surface area (Å²) in [7, 11) is 0. The minimum atomic E-state index is 0.194. The molecule has 0 saturated heterocycles. The van der Waals surface area contributed by atoms with Crippen LogP contribution in [-0.2, 0) is 19.3 Å². The standard InChI is InChI=1S/C16H17N3O/c1-2-7-15-11(4-1)8-12(20-15)9-17-16-13-5-3-6-14(13)18-10-19-16/h1-2,4,7,10,12H,3,5-6,8-9H2,(H,17,18,19). The molecule has 4 nitrogen and oxygen atoms in total. The van der Waals surface area contributed by atoms with Crippen molar-refractivity contribution in [1.29, 1.82) is 0 Å². The van der Waals surface area contributed by atoms with Crippen molar-refractivity contribution in [2.45, 2.75) is 31.8 Å². The molecule has 1 aliphatic carbocycles. The number of hydrogen-bond donors (Lipinski definition) is 1. The number of aromatic nitrogens is 2. The smallest absolute Gasteiger partial charge is 0.132 e. The lowest BCUT2D eigenvalue weighted by atomic mass is 10.1. The SMILES string of the molecule is c1ccc2c(c1)CC(CNc1ncnc3c1CCC3)O2. The monoisotopic (exact) mass is 267 g/mol. The van der Waals surface area contributed by atoms with Crippen molar-refractivity contribution in [2.24, 2.45) is 0 Å². The first-order valence-corrected chi connectivity index (χ1v) is 7.21. The van der Waals surface area contributed by atoms with Gasteiger partial charge < -0.3 is 10.1 Å². The Labute approximate surface area is 118 Å². The zero-order valence-electron chi connectivity index (χ0n) is 11.3. The Morgan fingerprint density at radius 1 is 1.20 bits per heavy atom. The van der Waals surface area contributed by atoms with Crippen molar-refractivity contribution in [3.63, 3.8) is 0 Å². The number of nitrogens with zero attached hydrogens (tertiary/aromatic N) is 2. The molecule has 0 spiro atoms. The number of rotatable bonds is 3. The van der Waals surface area contributed by atoms with E-state index in [1.807, 2.05) is 12.1 Å². The molecule has 1 aromatic heterocycles. The molecule has 1 unspecified atom stereocenters. The number of nitrogens with one attached hydrogen (secondary N) is 1. The fourth-order valence-electron chi connectivity index (χ4n) is 3.09. The lowest BCUT2D eigenvalue weighted by molar-refractivity contribution is 0.246.